The predicted octanol–water partition coefficient (Wildman–Crippen LogP) is 2.63. The summed E-state index contributed by atoms with van der Waals surface area (Å²) in [5.41, 5.74) is 2.75. The van der Waals surface area contributed by atoms with Crippen LogP contribution in [0.5, 0.6) is 0 Å². The molecule has 0 unspecified atom stereocenters. The van der Waals surface area contributed by atoms with Crippen molar-refractivity contribution in [1.29, 1.82) is 0 Å². The highest BCUT2D eigenvalue weighted by molar-refractivity contribution is 5.97. The lowest BCUT2D eigenvalue weighted by atomic mass is 9.93. The number of methoxy groups -OCH3 is 1. The Bertz CT molecular complexity index is 897. The smallest absolute Gasteiger partial charge is 0.276 e. The Labute approximate surface area is 156 Å². The van der Waals surface area contributed by atoms with Crippen LogP contribution in [0.2, 0.25) is 0 Å². The molecule has 0 spiro atoms. The van der Waals surface area contributed by atoms with Crippen LogP contribution >= 0.6 is 0 Å². The second-order valence-electron chi connectivity index (χ2n) is 6.60. The van der Waals surface area contributed by atoms with Gasteiger partial charge in [0.2, 0.25) is 0 Å². The highest BCUT2D eigenvalue weighted by Gasteiger charge is 2.29. The second-order valence-corrected chi connectivity index (χ2v) is 6.60. The molecule has 1 aliphatic heterocycles. The van der Waals surface area contributed by atoms with E-state index in [1.165, 1.54) is 0 Å². The maximum Gasteiger partial charge on any atom is 0.276 e. The van der Waals surface area contributed by atoms with Crippen molar-refractivity contribution >= 4 is 5.91 Å². The first-order valence-corrected chi connectivity index (χ1v) is 8.96. The first-order chi connectivity index (χ1) is 13.3. The normalized spacial score (nSPS) is 15.2. The zero-order valence-corrected chi connectivity index (χ0v) is 15.1. The van der Waals surface area contributed by atoms with Crippen molar-refractivity contribution in [2.75, 3.05) is 20.2 Å². The Morgan fingerprint density at radius 3 is 2.78 bits per heavy atom. The number of H-pyrrole nitrogens is 1. The molecule has 0 saturated carbocycles. The summed E-state index contributed by atoms with van der Waals surface area (Å²) in [4.78, 5) is 14.8. The van der Waals surface area contributed by atoms with Crippen LogP contribution in [0.4, 0.5) is 0 Å². The van der Waals surface area contributed by atoms with E-state index in [1.54, 1.807) is 7.11 Å². The largest absolute Gasteiger partial charge is 0.377 e. The number of amides is 1. The van der Waals surface area contributed by atoms with Crippen LogP contribution in [0.1, 0.15) is 40.7 Å². The number of carbonyl (C=O) groups is 1. The van der Waals surface area contributed by atoms with Gasteiger partial charge in [-0.05, 0) is 12.8 Å². The van der Waals surface area contributed by atoms with Crippen LogP contribution in [0.3, 0.4) is 0 Å². The number of piperidine rings is 1. The molecular weight excluding hydrogens is 346 g/mol. The molecule has 4 rings (SSSR count). The lowest BCUT2D eigenvalue weighted by Gasteiger charge is -2.30. The molecule has 1 amide bonds. The molecule has 1 aromatic carbocycles. The topological polar surface area (TPSA) is 97.1 Å². The number of likely N-dealkylation sites (tertiary alicyclic amines) is 1. The molecule has 27 heavy (non-hydrogen) atoms. The highest BCUT2D eigenvalue weighted by atomic mass is 16.5. The van der Waals surface area contributed by atoms with E-state index in [2.05, 4.69) is 20.6 Å². The molecule has 0 atom stereocenters. The third kappa shape index (κ3) is 3.61. The number of rotatable bonds is 5. The molecule has 140 valence electrons. The first-order valence-electron chi connectivity index (χ1n) is 8.96. The van der Waals surface area contributed by atoms with E-state index >= 15 is 0 Å². The molecule has 8 heteroatoms. The summed E-state index contributed by atoms with van der Waals surface area (Å²) < 4.78 is 10.3. The fourth-order valence-electron chi connectivity index (χ4n) is 3.44. The van der Waals surface area contributed by atoms with E-state index in [0.717, 1.165) is 29.9 Å². The number of hydrogen-bond donors (Lipinski definition) is 1. The number of carbonyl (C=O) groups excluding carboxylic acids is 1. The average Bonchev–Trinajstić information content (AvgIpc) is 3.38. The summed E-state index contributed by atoms with van der Waals surface area (Å²) in [5.74, 6) is 0.914. The van der Waals surface area contributed by atoms with Crippen LogP contribution < -0.4 is 0 Å². The standard InChI is InChI=1S/C19H21N5O3/c1-26-12-15-11-16(22-27-15)13-7-9-24(10-8-13)19(25)18-17(20-23-21-18)14-5-3-2-4-6-14/h2-6,11,13H,7-10,12H2,1H3,(H,20,21,23). The number of ether oxygens (including phenoxy) is 1. The molecule has 1 N–H and O–H groups in total. The highest BCUT2D eigenvalue weighted by Crippen LogP contribution is 2.29. The van der Waals surface area contributed by atoms with Gasteiger partial charge in [0.25, 0.3) is 5.91 Å². The zero-order chi connectivity index (χ0) is 18.6. The third-order valence-corrected chi connectivity index (χ3v) is 4.86. The van der Waals surface area contributed by atoms with Gasteiger partial charge in [0.15, 0.2) is 11.5 Å². The summed E-state index contributed by atoms with van der Waals surface area (Å²) >= 11 is 0. The van der Waals surface area contributed by atoms with Crippen molar-refractivity contribution in [3.8, 4) is 11.3 Å². The second kappa shape index (κ2) is 7.71. The van der Waals surface area contributed by atoms with Gasteiger partial charge in [0, 0.05) is 37.7 Å². The molecule has 1 saturated heterocycles. The van der Waals surface area contributed by atoms with E-state index in [9.17, 15) is 4.79 Å². The van der Waals surface area contributed by atoms with Gasteiger partial charge in [-0.2, -0.15) is 15.4 Å². The molecule has 0 bridgehead atoms. The van der Waals surface area contributed by atoms with Gasteiger partial charge >= 0.3 is 0 Å². The molecule has 0 radical (unpaired) electrons. The minimum absolute atomic E-state index is 0.0960. The summed E-state index contributed by atoms with van der Waals surface area (Å²) in [6.07, 6.45) is 1.67. The van der Waals surface area contributed by atoms with Gasteiger partial charge in [0.1, 0.15) is 12.3 Å². The van der Waals surface area contributed by atoms with Crippen LogP contribution in [0.25, 0.3) is 11.3 Å². The van der Waals surface area contributed by atoms with E-state index in [0.29, 0.717) is 31.1 Å². The van der Waals surface area contributed by atoms with Gasteiger partial charge < -0.3 is 14.2 Å². The SMILES string of the molecule is COCc1cc(C2CCN(C(=O)c3n[nH]nc3-c3ccccc3)CC2)no1. The van der Waals surface area contributed by atoms with Crippen molar-refractivity contribution in [3.05, 3.63) is 53.5 Å². The van der Waals surface area contributed by atoms with Crippen molar-refractivity contribution in [2.24, 2.45) is 0 Å². The van der Waals surface area contributed by atoms with Gasteiger partial charge in [0.05, 0.1) is 5.69 Å². The monoisotopic (exact) mass is 367 g/mol. The van der Waals surface area contributed by atoms with Gasteiger partial charge in [-0.3, -0.25) is 4.79 Å². The number of aromatic amines is 1. The van der Waals surface area contributed by atoms with Crippen LogP contribution in [-0.4, -0.2) is 51.6 Å². The van der Waals surface area contributed by atoms with Gasteiger partial charge in [-0.25, -0.2) is 0 Å². The number of benzene rings is 1. The summed E-state index contributed by atoms with van der Waals surface area (Å²) in [6, 6.07) is 11.5. The Morgan fingerprint density at radius 1 is 1.26 bits per heavy atom. The summed E-state index contributed by atoms with van der Waals surface area (Å²) in [6.45, 7) is 1.72. The lowest BCUT2D eigenvalue weighted by molar-refractivity contribution is 0.0706. The fraction of sp³-hybridized carbons (Fsp3) is 0.368. The van der Waals surface area contributed by atoms with E-state index in [1.807, 2.05) is 41.3 Å². The quantitative estimate of drug-likeness (QED) is 0.744. The van der Waals surface area contributed by atoms with E-state index in [4.69, 9.17) is 9.26 Å². The Kier molecular flexibility index (Phi) is 4.97. The van der Waals surface area contributed by atoms with E-state index in [-0.39, 0.29) is 11.8 Å². The van der Waals surface area contributed by atoms with E-state index < -0.39 is 0 Å². The lowest BCUT2D eigenvalue weighted by Crippen LogP contribution is -2.38. The summed E-state index contributed by atoms with van der Waals surface area (Å²) in [7, 11) is 1.62. The summed E-state index contributed by atoms with van der Waals surface area (Å²) in [5, 5.41) is 15.0. The van der Waals surface area contributed by atoms with Crippen LogP contribution in [0.15, 0.2) is 40.9 Å². The number of aromatic nitrogens is 4. The number of nitrogens with one attached hydrogen (secondary N) is 1. The Hall–Kier alpha value is -3.00. The molecule has 2 aromatic heterocycles. The Balaban J connectivity index is 1.43. The van der Waals surface area contributed by atoms with Crippen LogP contribution in [0, 0.1) is 0 Å². The Morgan fingerprint density at radius 2 is 2.04 bits per heavy atom. The molecule has 3 aromatic rings. The van der Waals surface area contributed by atoms with Crippen molar-refractivity contribution < 1.29 is 14.1 Å². The fourth-order valence-corrected chi connectivity index (χ4v) is 3.44. The average molecular weight is 367 g/mol. The maximum atomic E-state index is 12.9. The molecular formula is C19H21N5O3. The molecule has 0 aliphatic carbocycles. The number of nitrogens with zero attached hydrogens (tertiary/aromatic N) is 4. The number of hydrogen-bond acceptors (Lipinski definition) is 6. The minimum atomic E-state index is -0.0960. The van der Waals surface area contributed by atoms with Gasteiger partial charge in [-0.15, -0.1) is 0 Å². The van der Waals surface area contributed by atoms with Crippen LogP contribution in [-0.2, 0) is 11.3 Å². The minimum Gasteiger partial charge on any atom is -0.377 e. The molecule has 8 nitrogen and oxygen atoms in total. The van der Waals surface area contributed by atoms with Crippen molar-refractivity contribution in [3.63, 3.8) is 0 Å². The predicted molar refractivity (Wildman–Crippen MR) is 96.9 cm³/mol. The molecule has 1 fully saturated rings. The van der Waals surface area contributed by atoms with Gasteiger partial charge in [-0.1, -0.05) is 35.5 Å². The third-order valence-electron chi connectivity index (χ3n) is 4.86. The molecule has 1 aliphatic rings. The first kappa shape index (κ1) is 17.4. The maximum absolute atomic E-state index is 12.9. The van der Waals surface area contributed by atoms with Crippen molar-refractivity contribution in [2.45, 2.75) is 25.4 Å². The molecule has 3 heterocycles. The van der Waals surface area contributed by atoms with Crippen molar-refractivity contribution in [1.82, 2.24) is 25.5 Å². The zero-order valence-electron chi connectivity index (χ0n) is 15.1.